The maximum absolute atomic E-state index is 10.9. The number of Topliss-reactive ketones (excluding diaryl/α,β-unsaturated/α-hetero) is 1. The monoisotopic (exact) mass is 373 g/mol. The zero-order chi connectivity index (χ0) is 20.8. The lowest BCUT2D eigenvalue weighted by molar-refractivity contribution is -0.136. The maximum atomic E-state index is 10.9. The Balaban J connectivity index is -0.000000346. The Morgan fingerprint density at radius 3 is 1.85 bits per heavy atom. The van der Waals surface area contributed by atoms with Gasteiger partial charge in [0.2, 0.25) is 5.91 Å². The molecule has 150 valence electrons. The number of ketones is 1. The summed E-state index contributed by atoms with van der Waals surface area (Å²) in [5.41, 5.74) is 9.61. The van der Waals surface area contributed by atoms with Crippen LogP contribution >= 0.6 is 0 Å². The van der Waals surface area contributed by atoms with E-state index in [0.717, 1.165) is 6.42 Å². The normalized spacial score (nSPS) is 9.69. The SMILES string of the molecule is CCCC(=O)NC/C=C/CC(C)=O.NC/C=C/CC(=O)O.NCC(=O)O. The second kappa shape index (κ2) is 22.5. The first-order valence-electron chi connectivity index (χ1n) is 8.10. The first kappa shape index (κ1) is 28.3. The number of carbonyl (C=O) groups excluding carboxylic acids is 2. The van der Waals surface area contributed by atoms with Gasteiger partial charge < -0.3 is 27.0 Å². The molecule has 0 aliphatic carbocycles. The molecule has 0 aliphatic heterocycles. The first-order chi connectivity index (χ1) is 12.2. The van der Waals surface area contributed by atoms with Gasteiger partial charge in [0.05, 0.1) is 13.0 Å². The van der Waals surface area contributed by atoms with E-state index in [0.29, 0.717) is 25.9 Å². The van der Waals surface area contributed by atoms with E-state index in [-0.39, 0.29) is 24.7 Å². The zero-order valence-electron chi connectivity index (χ0n) is 15.4. The summed E-state index contributed by atoms with van der Waals surface area (Å²) in [5.74, 6) is -1.59. The molecule has 0 radical (unpaired) electrons. The van der Waals surface area contributed by atoms with Gasteiger partial charge in [-0.25, -0.2) is 0 Å². The predicted molar refractivity (Wildman–Crippen MR) is 99.5 cm³/mol. The highest BCUT2D eigenvalue weighted by atomic mass is 16.4. The van der Waals surface area contributed by atoms with Crippen LogP contribution in [0.1, 0.15) is 39.5 Å². The number of carbonyl (C=O) groups is 4. The Kier molecular flexibility index (Phi) is 24.5. The maximum Gasteiger partial charge on any atom is 0.317 e. The molecule has 0 rings (SSSR count). The van der Waals surface area contributed by atoms with Gasteiger partial charge in [-0.2, -0.15) is 0 Å². The highest BCUT2D eigenvalue weighted by Crippen LogP contribution is 1.86. The Labute approximate surface area is 154 Å². The highest BCUT2D eigenvalue weighted by Gasteiger charge is 1.94. The fourth-order valence-corrected chi connectivity index (χ4v) is 1.10. The summed E-state index contributed by atoms with van der Waals surface area (Å²) >= 11 is 0. The van der Waals surface area contributed by atoms with Gasteiger partial charge >= 0.3 is 11.9 Å². The van der Waals surface area contributed by atoms with Crippen molar-refractivity contribution in [1.29, 1.82) is 0 Å². The van der Waals surface area contributed by atoms with Crippen LogP contribution in [0, 0.1) is 0 Å². The smallest absolute Gasteiger partial charge is 0.317 e. The number of hydrogen-bond acceptors (Lipinski definition) is 6. The molecule has 0 aromatic rings. The standard InChI is InChI=1S/C10H17NO2.C5H9NO2.C2H5NO2/c1-3-6-10(13)11-8-5-4-7-9(2)12;6-4-2-1-3-5(7)8;3-1-2(4)5/h4-5H,3,6-8H2,1-2H3,(H,11,13);1-2H,3-4,6H2,(H,7,8);1,3H2,(H,4,5)/b5-4+;2-1+;. The molecule has 0 unspecified atom stereocenters. The van der Waals surface area contributed by atoms with E-state index in [4.69, 9.17) is 15.9 Å². The van der Waals surface area contributed by atoms with Gasteiger partial charge in [-0.15, -0.1) is 0 Å². The second-order valence-electron chi connectivity index (χ2n) is 4.83. The number of carboxylic acids is 2. The van der Waals surface area contributed by atoms with Gasteiger partial charge in [0.25, 0.3) is 0 Å². The fourth-order valence-electron chi connectivity index (χ4n) is 1.10. The van der Waals surface area contributed by atoms with E-state index >= 15 is 0 Å². The third-order valence-electron chi connectivity index (χ3n) is 2.24. The number of nitrogens with one attached hydrogen (secondary N) is 1. The summed E-state index contributed by atoms with van der Waals surface area (Å²) in [7, 11) is 0. The molecule has 0 bridgehead atoms. The van der Waals surface area contributed by atoms with E-state index in [1.54, 1.807) is 25.2 Å². The van der Waals surface area contributed by atoms with Crippen LogP contribution in [-0.4, -0.2) is 53.5 Å². The minimum Gasteiger partial charge on any atom is -0.481 e. The average Bonchev–Trinajstić information content (AvgIpc) is 2.55. The van der Waals surface area contributed by atoms with Crippen LogP contribution in [0.4, 0.5) is 0 Å². The Morgan fingerprint density at radius 2 is 1.46 bits per heavy atom. The Hall–Kier alpha value is -2.52. The average molecular weight is 373 g/mol. The number of amides is 1. The summed E-state index contributed by atoms with van der Waals surface area (Å²) < 4.78 is 0. The number of nitrogens with two attached hydrogens (primary N) is 2. The minimum atomic E-state index is -0.968. The molecule has 0 saturated carbocycles. The van der Waals surface area contributed by atoms with Gasteiger partial charge in [-0.3, -0.25) is 19.2 Å². The van der Waals surface area contributed by atoms with Crippen molar-refractivity contribution in [2.24, 2.45) is 11.5 Å². The molecule has 9 nitrogen and oxygen atoms in total. The van der Waals surface area contributed by atoms with Gasteiger partial charge in [-0.05, 0) is 13.3 Å². The molecule has 0 aromatic carbocycles. The van der Waals surface area contributed by atoms with Crippen molar-refractivity contribution >= 4 is 23.6 Å². The van der Waals surface area contributed by atoms with Crippen molar-refractivity contribution in [1.82, 2.24) is 5.32 Å². The minimum absolute atomic E-state index is 0.0648. The summed E-state index contributed by atoms with van der Waals surface area (Å²) in [6, 6.07) is 0. The molecule has 0 saturated heterocycles. The summed E-state index contributed by atoms with van der Waals surface area (Å²) in [6.45, 7) is 4.16. The van der Waals surface area contributed by atoms with Crippen molar-refractivity contribution in [3.8, 4) is 0 Å². The van der Waals surface area contributed by atoms with Crippen LogP contribution in [0.5, 0.6) is 0 Å². The lowest BCUT2D eigenvalue weighted by Gasteiger charge is -1.98. The lowest BCUT2D eigenvalue weighted by Crippen LogP contribution is -2.22. The molecular weight excluding hydrogens is 342 g/mol. The van der Waals surface area contributed by atoms with E-state index in [1.807, 2.05) is 6.92 Å². The van der Waals surface area contributed by atoms with Crippen LogP contribution in [-0.2, 0) is 19.2 Å². The molecule has 0 atom stereocenters. The fraction of sp³-hybridized carbons (Fsp3) is 0.529. The van der Waals surface area contributed by atoms with E-state index < -0.39 is 11.9 Å². The zero-order valence-corrected chi connectivity index (χ0v) is 15.4. The number of allylic oxidation sites excluding steroid dienone is 1. The molecule has 0 aliphatic rings. The Morgan fingerprint density at radius 1 is 0.923 bits per heavy atom. The summed E-state index contributed by atoms with van der Waals surface area (Å²) in [6.07, 6.45) is 8.67. The molecule has 9 heteroatoms. The molecule has 0 aromatic heterocycles. The van der Waals surface area contributed by atoms with Crippen molar-refractivity contribution in [3.05, 3.63) is 24.3 Å². The largest absolute Gasteiger partial charge is 0.481 e. The number of aliphatic carboxylic acids is 2. The van der Waals surface area contributed by atoms with Gasteiger partial charge in [0.15, 0.2) is 0 Å². The van der Waals surface area contributed by atoms with Crippen molar-refractivity contribution in [3.63, 3.8) is 0 Å². The number of rotatable bonds is 10. The van der Waals surface area contributed by atoms with E-state index in [2.05, 4.69) is 11.1 Å². The lowest BCUT2D eigenvalue weighted by atomic mass is 10.3. The van der Waals surface area contributed by atoms with E-state index in [1.165, 1.54) is 6.08 Å². The second-order valence-corrected chi connectivity index (χ2v) is 4.83. The molecule has 1 amide bonds. The summed E-state index contributed by atoms with van der Waals surface area (Å²) in [4.78, 5) is 40.5. The molecular formula is C17H31N3O6. The molecule has 0 fully saturated rings. The first-order valence-corrected chi connectivity index (χ1v) is 8.10. The molecule has 0 spiro atoms. The van der Waals surface area contributed by atoms with Crippen LogP contribution in [0.15, 0.2) is 24.3 Å². The summed E-state index contributed by atoms with van der Waals surface area (Å²) in [5, 5.41) is 18.4. The molecule has 7 N–H and O–H groups in total. The number of hydrogen-bond donors (Lipinski definition) is 5. The molecule has 26 heavy (non-hydrogen) atoms. The van der Waals surface area contributed by atoms with Gasteiger partial charge in [0, 0.05) is 25.9 Å². The number of carboxylic acid groups (broad SMARTS) is 2. The van der Waals surface area contributed by atoms with Crippen LogP contribution in [0.25, 0.3) is 0 Å². The quantitative estimate of drug-likeness (QED) is 0.343. The Bertz CT molecular complexity index is 461. The van der Waals surface area contributed by atoms with Crippen molar-refractivity contribution in [2.45, 2.75) is 39.5 Å². The van der Waals surface area contributed by atoms with Gasteiger partial charge in [0.1, 0.15) is 5.78 Å². The highest BCUT2D eigenvalue weighted by molar-refractivity contribution is 5.77. The third kappa shape index (κ3) is 37.6. The topological polar surface area (TPSA) is 173 Å². The van der Waals surface area contributed by atoms with Crippen molar-refractivity contribution in [2.75, 3.05) is 19.6 Å². The van der Waals surface area contributed by atoms with Crippen LogP contribution in [0.2, 0.25) is 0 Å². The third-order valence-corrected chi connectivity index (χ3v) is 2.24. The van der Waals surface area contributed by atoms with Crippen LogP contribution in [0.3, 0.4) is 0 Å². The van der Waals surface area contributed by atoms with E-state index in [9.17, 15) is 19.2 Å². The van der Waals surface area contributed by atoms with Crippen LogP contribution < -0.4 is 16.8 Å². The predicted octanol–water partition coefficient (Wildman–Crippen LogP) is 0.444. The van der Waals surface area contributed by atoms with Crippen molar-refractivity contribution < 1.29 is 29.4 Å². The molecule has 0 heterocycles. The van der Waals surface area contributed by atoms with Gasteiger partial charge in [-0.1, -0.05) is 31.2 Å².